The normalized spacial score (nSPS) is 10.3. The van der Waals surface area contributed by atoms with E-state index in [1.54, 1.807) is 19.1 Å². The molecule has 0 N–H and O–H groups in total. The summed E-state index contributed by atoms with van der Waals surface area (Å²) >= 11 is 0. The summed E-state index contributed by atoms with van der Waals surface area (Å²) in [7, 11) is 3.40. The summed E-state index contributed by atoms with van der Waals surface area (Å²) in [5, 5.41) is 0. The van der Waals surface area contributed by atoms with Crippen LogP contribution in [0.5, 0.6) is 11.5 Å². The Morgan fingerprint density at radius 1 is 1.13 bits per heavy atom. The fraction of sp³-hybridized carbons (Fsp3) is 0.316. The van der Waals surface area contributed by atoms with Crippen molar-refractivity contribution in [2.24, 2.45) is 0 Å². The molecule has 0 spiro atoms. The van der Waals surface area contributed by atoms with Gasteiger partial charge in [-0.15, -0.1) is 0 Å². The van der Waals surface area contributed by atoms with Gasteiger partial charge in [-0.05, 0) is 48.7 Å². The molecule has 0 saturated carbocycles. The molecule has 0 aliphatic rings. The van der Waals surface area contributed by atoms with Crippen LogP contribution >= 0.6 is 0 Å². The van der Waals surface area contributed by atoms with Crippen LogP contribution in [0.4, 0.5) is 0 Å². The van der Waals surface area contributed by atoms with E-state index >= 15 is 0 Å². The topological polar surface area (TPSA) is 38.8 Å². The van der Waals surface area contributed by atoms with Gasteiger partial charge in [-0.2, -0.15) is 0 Å². The number of carbonyl (C=O) groups excluding carboxylic acids is 1. The predicted molar refractivity (Wildman–Crippen MR) is 90.9 cm³/mol. The molecule has 0 saturated heterocycles. The summed E-state index contributed by atoms with van der Waals surface area (Å²) in [5.41, 5.74) is 3.16. The molecule has 0 aliphatic carbocycles. The molecule has 0 bridgehead atoms. The molecule has 0 atom stereocenters. The van der Waals surface area contributed by atoms with Crippen LogP contribution in [0, 0.1) is 13.8 Å². The van der Waals surface area contributed by atoms with E-state index in [-0.39, 0.29) is 12.5 Å². The SMILES string of the molecule is COc1cccc(CN(C)C(=O)COc2cc(C)ccc2C)c1. The highest BCUT2D eigenvalue weighted by Crippen LogP contribution is 2.19. The number of rotatable bonds is 6. The molecule has 23 heavy (non-hydrogen) atoms. The smallest absolute Gasteiger partial charge is 0.260 e. The van der Waals surface area contributed by atoms with Gasteiger partial charge in [0.25, 0.3) is 5.91 Å². The van der Waals surface area contributed by atoms with Gasteiger partial charge in [-0.3, -0.25) is 4.79 Å². The maximum Gasteiger partial charge on any atom is 0.260 e. The van der Waals surface area contributed by atoms with Crippen LogP contribution in [0.25, 0.3) is 0 Å². The number of methoxy groups -OCH3 is 1. The van der Waals surface area contributed by atoms with E-state index in [4.69, 9.17) is 9.47 Å². The standard InChI is InChI=1S/C19H23NO3/c1-14-8-9-15(2)18(10-14)23-13-19(21)20(3)12-16-6-5-7-17(11-16)22-4/h5-11H,12-13H2,1-4H3. The molecule has 1 amide bonds. The minimum absolute atomic E-state index is 0.0325. The second kappa shape index (κ2) is 7.68. The molecule has 4 nitrogen and oxygen atoms in total. The Morgan fingerprint density at radius 3 is 2.65 bits per heavy atom. The molecule has 2 rings (SSSR count). The molecule has 2 aromatic rings. The number of amides is 1. The fourth-order valence-corrected chi connectivity index (χ4v) is 2.25. The van der Waals surface area contributed by atoms with Crippen molar-refractivity contribution in [2.45, 2.75) is 20.4 Å². The quantitative estimate of drug-likeness (QED) is 0.821. The number of aryl methyl sites for hydroxylation is 2. The molecule has 0 aliphatic heterocycles. The third-order valence-electron chi connectivity index (χ3n) is 3.67. The zero-order chi connectivity index (χ0) is 16.8. The molecule has 122 valence electrons. The van der Waals surface area contributed by atoms with Gasteiger partial charge in [0.2, 0.25) is 0 Å². The Bertz CT molecular complexity index is 682. The largest absolute Gasteiger partial charge is 0.497 e. The van der Waals surface area contributed by atoms with E-state index in [0.29, 0.717) is 6.54 Å². The van der Waals surface area contributed by atoms with Crippen LogP contribution in [0.1, 0.15) is 16.7 Å². The van der Waals surface area contributed by atoms with Gasteiger partial charge in [0, 0.05) is 13.6 Å². The zero-order valence-corrected chi connectivity index (χ0v) is 14.1. The van der Waals surface area contributed by atoms with Gasteiger partial charge in [0.15, 0.2) is 6.61 Å². The highest BCUT2D eigenvalue weighted by atomic mass is 16.5. The van der Waals surface area contributed by atoms with Crippen molar-refractivity contribution in [2.75, 3.05) is 20.8 Å². The lowest BCUT2D eigenvalue weighted by Crippen LogP contribution is -2.31. The number of hydrogen-bond donors (Lipinski definition) is 0. The van der Waals surface area contributed by atoms with E-state index in [0.717, 1.165) is 28.2 Å². The summed E-state index contributed by atoms with van der Waals surface area (Å²) in [6, 6.07) is 13.7. The molecule has 0 unspecified atom stereocenters. The van der Waals surface area contributed by atoms with E-state index < -0.39 is 0 Å². The Hall–Kier alpha value is -2.49. The molecule has 0 fully saturated rings. The number of ether oxygens (including phenoxy) is 2. The molecule has 2 aromatic carbocycles. The van der Waals surface area contributed by atoms with Gasteiger partial charge in [-0.1, -0.05) is 24.3 Å². The minimum atomic E-state index is -0.0614. The van der Waals surface area contributed by atoms with Crippen LogP contribution < -0.4 is 9.47 Å². The highest BCUT2D eigenvalue weighted by molar-refractivity contribution is 5.77. The Kier molecular flexibility index (Phi) is 5.63. The van der Waals surface area contributed by atoms with E-state index in [1.807, 2.05) is 56.3 Å². The molecule has 0 radical (unpaired) electrons. The molecule has 0 aromatic heterocycles. The van der Waals surface area contributed by atoms with Gasteiger partial charge in [0.05, 0.1) is 7.11 Å². The third kappa shape index (κ3) is 4.74. The van der Waals surface area contributed by atoms with Crippen LogP contribution in [-0.4, -0.2) is 31.6 Å². The highest BCUT2D eigenvalue weighted by Gasteiger charge is 2.11. The summed E-state index contributed by atoms with van der Waals surface area (Å²) in [4.78, 5) is 13.9. The number of carbonyl (C=O) groups is 1. The summed E-state index contributed by atoms with van der Waals surface area (Å²) in [6.07, 6.45) is 0. The van der Waals surface area contributed by atoms with Crippen molar-refractivity contribution in [1.29, 1.82) is 0 Å². The summed E-state index contributed by atoms with van der Waals surface area (Å²) in [5.74, 6) is 1.48. The number of hydrogen-bond acceptors (Lipinski definition) is 3. The van der Waals surface area contributed by atoms with Gasteiger partial charge in [0.1, 0.15) is 11.5 Å². The minimum Gasteiger partial charge on any atom is -0.497 e. The van der Waals surface area contributed by atoms with Crippen LogP contribution in [-0.2, 0) is 11.3 Å². The fourth-order valence-electron chi connectivity index (χ4n) is 2.25. The van der Waals surface area contributed by atoms with E-state index in [1.165, 1.54) is 0 Å². The molecule has 4 heteroatoms. The predicted octanol–water partition coefficient (Wildman–Crippen LogP) is 3.35. The van der Waals surface area contributed by atoms with Crippen molar-refractivity contribution in [1.82, 2.24) is 4.90 Å². The van der Waals surface area contributed by atoms with Crippen LogP contribution in [0.2, 0.25) is 0 Å². The van der Waals surface area contributed by atoms with Crippen molar-refractivity contribution < 1.29 is 14.3 Å². The monoisotopic (exact) mass is 313 g/mol. The lowest BCUT2D eigenvalue weighted by atomic mass is 10.1. The number of likely N-dealkylation sites (N-methyl/N-ethyl adjacent to an activating group) is 1. The summed E-state index contributed by atoms with van der Waals surface area (Å²) in [6.45, 7) is 4.53. The van der Waals surface area contributed by atoms with Crippen molar-refractivity contribution >= 4 is 5.91 Å². The van der Waals surface area contributed by atoms with Crippen LogP contribution in [0.15, 0.2) is 42.5 Å². The van der Waals surface area contributed by atoms with Crippen molar-refractivity contribution in [3.63, 3.8) is 0 Å². The second-order valence-electron chi connectivity index (χ2n) is 5.66. The average Bonchev–Trinajstić information content (AvgIpc) is 2.55. The first-order valence-corrected chi connectivity index (χ1v) is 7.56. The van der Waals surface area contributed by atoms with E-state index in [2.05, 4.69) is 0 Å². The third-order valence-corrected chi connectivity index (χ3v) is 3.67. The maximum absolute atomic E-state index is 12.2. The summed E-state index contributed by atoms with van der Waals surface area (Å²) < 4.78 is 10.9. The van der Waals surface area contributed by atoms with Crippen molar-refractivity contribution in [3.05, 3.63) is 59.2 Å². The van der Waals surface area contributed by atoms with Crippen molar-refractivity contribution in [3.8, 4) is 11.5 Å². The molecule has 0 heterocycles. The van der Waals surface area contributed by atoms with Gasteiger partial charge >= 0.3 is 0 Å². The number of benzene rings is 2. The molecular formula is C19H23NO3. The van der Waals surface area contributed by atoms with E-state index in [9.17, 15) is 4.79 Å². The Labute approximate surface area is 137 Å². The first kappa shape index (κ1) is 16.9. The first-order valence-electron chi connectivity index (χ1n) is 7.56. The molecular weight excluding hydrogens is 290 g/mol. The van der Waals surface area contributed by atoms with Gasteiger partial charge in [-0.25, -0.2) is 0 Å². The Morgan fingerprint density at radius 2 is 1.91 bits per heavy atom. The van der Waals surface area contributed by atoms with Crippen LogP contribution in [0.3, 0.4) is 0 Å². The first-order chi connectivity index (χ1) is 11.0. The lowest BCUT2D eigenvalue weighted by molar-refractivity contribution is -0.132. The Balaban J connectivity index is 1.93. The lowest BCUT2D eigenvalue weighted by Gasteiger charge is -2.18. The average molecular weight is 313 g/mol. The zero-order valence-electron chi connectivity index (χ0n) is 14.1. The second-order valence-corrected chi connectivity index (χ2v) is 5.66. The number of nitrogens with zero attached hydrogens (tertiary/aromatic N) is 1. The van der Waals surface area contributed by atoms with Gasteiger partial charge < -0.3 is 14.4 Å². The maximum atomic E-state index is 12.2.